The number of carbonyl (C=O) groups excluding carboxylic acids is 1. The third kappa shape index (κ3) is 2.36. The molecule has 20 heavy (non-hydrogen) atoms. The molecule has 0 amide bonds. The summed E-state index contributed by atoms with van der Waals surface area (Å²) in [7, 11) is 0. The molecule has 1 aliphatic carbocycles. The van der Waals surface area contributed by atoms with Gasteiger partial charge in [-0.1, -0.05) is 12.8 Å². The summed E-state index contributed by atoms with van der Waals surface area (Å²) in [6, 6.07) is 1.30. The number of rotatable bonds is 2. The lowest BCUT2D eigenvalue weighted by Crippen LogP contribution is -2.24. The van der Waals surface area contributed by atoms with Crippen molar-refractivity contribution in [1.29, 1.82) is 0 Å². The van der Waals surface area contributed by atoms with E-state index < -0.39 is 28.8 Å². The molecule has 0 heterocycles. The number of aliphatic imine (C=N–C) groups is 1. The highest BCUT2D eigenvalue weighted by atomic mass is 19.4. The summed E-state index contributed by atoms with van der Waals surface area (Å²) in [4.78, 5) is 14.1. The summed E-state index contributed by atoms with van der Waals surface area (Å²) in [5.41, 5.74) is -2.70. The molecule has 0 unspecified atom stereocenters. The Balaban J connectivity index is 2.71. The van der Waals surface area contributed by atoms with E-state index in [1.54, 1.807) is 0 Å². The van der Waals surface area contributed by atoms with Crippen molar-refractivity contribution in [2.75, 3.05) is 0 Å². The van der Waals surface area contributed by atoms with E-state index in [0.29, 0.717) is 18.9 Å². The molecule has 108 valence electrons. The first-order chi connectivity index (χ1) is 9.30. The standard InChI is InChI=1S/C13H12F3NO3/c14-13(15,16)9-6-11(20)10(19)5-8(9)12(17-7-18)3-1-2-4-12/h5-6,19-20H,1-4H2. The second-order valence-electron chi connectivity index (χ2n) is 4.83. The van der Waals surface area contributed by atoms with Gasteiger partial charge in [0.2, 0.25) is 6.08 Å². The lowest BCUT2D eigenvalue weighted by atomic mass is 9.85. The number of nitrogens with zero attached hydrogens (tertiary/aromatic N) is 1. The van der Waals surface area contributed by atoms with Gasteiger partial charge in [-0.2, -0.15) is 18.2 Å². The Labute approximate surface area is 112 Å². The number of halogens is 3. The molecule has 0 atom stereocenters. The normalized spacial score (nSPS) is 17.8. The van der Waals surface area contributed by atoms with Crippen molar-refractivity contribution < 1.29 is 28.2 Å². The van der Waals surface area contributed by atoms with Gasteiger partial charge in [0.15, 0.2) is 11.5 Å². The average molecular weight is 287 g/mol. The molecule has 0 bridgehead atoms. The molecule has 2 N–H and O–H groups in total. The van der Waals surface area contributed by atoms with Crippen molar-refractivity contribution in [1.82, 2.24) is 0 Å². The minimum absolute atomic E-state index is 0.273. The van der Waals surface area contributed by atoms with Gasteiger partial charge in [0.05, 0.1) is 11.1 Å². The van der Waals surface area contributed by atoms with Crippen molar-refractivity contribution in [3.05, 3.63) is 23.3 Å². The number of alkyl halides is 3. The van der Waals surface area contributed by atoms with Crippen LogP contribution >= 0.6 is 0 Å². The summed E-state index contributed by atoms with van der Waals surface area (Å²) in [6.07, 6.45) is -1.58. The van der Waals surface area contributed by atoms with E-state index >= 15 is 0 Å². The van der Waals surface area contributed by atoms with Gasteiger partial charge in [-0.15, -0.1) is 0 Å². The number of isocyanates is 1. The molecule has 0 radical (unpaired) electrons. The van der Waals surface area contributed by atoms with Crippen molar-refractivity contribution in [3.63, 3.8) is 0 Å². The zero-order valence-corrected chi connectivity index (χ0v) is 10.4. The number of aromatic hydroxyl groups is 2. The van der Waals surface area contributed by atoms with Crippen molar-refractivity contribution >= 4 is 6.08 Å². The summed E-state index contributed by atoms with van der Waals surface area (Å²) < 4.78 is 39.3. The van der Waals surface area contributed by atoms with Crippen LogP contribution in [0.15, 0.2) is 17.1 Å². The highest BCUT2D eigenvalue weighted by Gasteiger charge is 2.44. The highest BCUT2D eigenvalue weighted by molar-refractivity contribution is 5.51. The van der Waals surface area contributed by atoms with Crippen LogP contribution in [0.3, 0.4) is 0 Å². The second kappa shape index (κ2) is 4.83. The van der Waals surface area contributed by atoms with Gasteiger partial charge < -0.3 is 10.2 Å². The zero-order chi connectivity index (χ0) is 15.0. The minimum Gasteiger partial charge on any atom is -0.504 e. The maximum absolute atomic E-state index is 13.1. The molecule has 1 aliphatic rings. The van der Waals surface area contributed by atoms with Crippen LogP contribution in [0.5, 0.6) is 11.5 Å². The third-order valence-electron chi connectivity index (χ3n) is 3.61. The first-order valence-corrected chi connectivity index (χ1v) is 6.03. The van der Waals surface area contributed by atoms with Crippen molar-refractivity contribution in [2.24, 2.45) is 4.99 Å². The van der Waals surface area contributed by atoms with E-state index in [1.807, 2.05) is 0 Å². The summed E-state index contributed by atoms with van der Waals surface area (Å²) >= 11 is 0. The van der Waals surface area contributed by atoms with Crippen LogP contribution in [0.25, 0.3) is 0 Å². The Morgan fingerprint density at radius 3 is 2.20 bits per heavy atom. The molecule has 7 heteroatoms. The molecule has 2 rings (SSSR count). The van der Waals surface area contributed by atoms with E-state index in [9.17, 15) is 28.2 Å². The molecule has 1 fully saturated rings. The fraction of sp³-hybridized carbons (Fsp3) is 0.462. The molecule has 0 aliphatic heterocycles. The molecular formula is C13H12F3NO3. The number of hydrogen-bond acceptors (Lipinski definition) is 4. The molecule has 1 aromatic carbocycles. The molecule has 4 nitrogen and oxygen atoms in total. The molecular weight excluding hydrogens is 275 g/mol. The zero-order valence-electron chi connectivity index (χ0n) is 10.4. The van der Waals surface area contributed by atoms with Crippen molar-refractivity contribution in [3.8, 4) is 11.5 Å². The van der Waals surface area contributed by atoms with Crippen LogP contribution in [0.2, 0.25) is 0 Å². The van der Waals surface area contributed by atoms with Crippen LogP contribution < -0.4 is 0 Å². The van der Waals surface area contributed by atoms with E-state index in [4.69, 9.17) is 0 Å². The fourth-order valence-corrected chi connectivity index (χ4v) is 2.68. The van der Waals surface area contributed by atoms with Crippen LogP contribution in [0.1, 0.15) is 36.8 Å². The first kappa shape index (κ1) is 14.4. The molecule has 0 spiro atoms. The van der Waals surface area contributed by atoms with Gasteiger partial charge in [-0.25, -0.2) is 4.79 Å². The predicted molar refractivity (Wildman–Crippen MR) is 63.0 cm³/mol. The Hall–Kier alpha value is -2.01. The summed E-state index contributed by atoms with van der Waals surface area (Å²) in [5.74, 6) is -1.52. The lowest BCUT2D eigenvalue weighted by Gasteiger charge is -2.27. The fourth-order valence-electron chi connectivity index (χ4n) is 2.68. The van der Waals surface area contributed by atoms with Gasteiger partial charge in [0.1, 0.15) is 0 Å². The van der Waals surface area contributed by atoms with E-state index in [1.165, 1.54) is 6.08 Å². The maximum atomic E-state index is 13.1. The van der Waals surface area contributed by atoms with Crippen molar-refractivity contribution in [2.45, 2.75) is 37.4 Å². The number of hydrogen-bond donors (Lipinski definition) is 2. The monoisotopic (exact) mass is 287 g/mol. The Bertz CT molecular complexity index is 571. The smallest absolute Gasteiger partial charge is 0.416 e. The Morgan fingerprint density at radius 1 is 1.15 bits per heavy atom. The van der Waals surface area contributed by atoms with E-state index in [-0.39, 0.29) is 18.4 Å². The quantitative estimate of drug-likeness (QED) is 0.498. The van der Waals surface area contributed by atoms with Gasteiger partial charge >= 0.3 is 6.18 Å². The van der Waals surface area contributed by atoms with Gasteiger partial charge in [0.25, 0.3) is 0 Å². The molecule has 0 saturated heterocycles. The Morgan fingerprint density at radius 2 is 1.70 bits per heavy atom. The predicted octanol–water partition coefficient (Wildman–Crippen LogP) is 3.22. The van der Waals surface area contributed by atoms with Crippen LogP contribution in [-0.2, 0) is 16.5 Å². The topological polar surface area (TPSA) is 69.9 Å². The SMILES string of the molecule is O=C=NC1(c2cc(O)c(O)cc2C(F)(F)F)CCCC1. The number of phenolic OH excluding ortho intramolecular Hbond substituents is 2. The van der Waals surface area contributed by atoms with Crippen LogP contribution in [0.4, 0.5) is 13.2 Å². The number of benzene rings is 1. The second-order valence-corrected chi connectivity index (χ2v) is 4.83. The van der Waals surface area contributed by atoms with Gasteiger partial charge in [-0.3, -0.25) is 0 Å². The van der Waals surface area contributed by atoms with Crippen LogP contribution in [-0.4, -0.2) is 16.3 Å². The number of phenols is 2. The summed E-state index contributed by atoms with van der Waals surface area (Å²) in [6.45, 7) is 0. The van der Waals surface area contributed by atoms with Crippen LogP contribution in [0, 0.1) is 0 Å². The first-order valence-electron chi connectivity index (χ1n) is 6.03. The largest absolute Gasteiger partial charge is 0.504 e. The molecule has 0 aromatic heterocycles. The molecule has 1 aromatic rings. The maximum Gasteiger partial charge on any atom is 0.416 e. The Kier molecular flexibility index (Phi) is 3.48. The lowest BCUT2D eigenvalue weighted by molar-refractivity contribution is -0.138. The van der Waals surface area contributed by atoms with Gasteiger partial charge in [0, 0.05) is 0 Å². The average Bonchev–Trinajstić information content (AvgIpc) is 2.81. The third-order valence-corrected chi connectivity index (χ3v) is 3.61. The van der Waals surface area contributed by atoms with E-state index in [0.717, 1.165) is 6.07 Å². The van der Waals surface area contributed by atoms with E-state index in [2.05, 4.69) is 4.99 Å². The van der Waals surface area contributed by atoms with Gasteiger partial charge in [-0.05, 0) is 30.5 Å². The minimum atomic E-state index is -4.71. The summed E-state index contributed by atoms with van der Waals surface area (Å²) in [5, 5.41) is 18.8. The highest BCUT2D eigenvalue weighted by Crippen LogP contribution is 2.49. The molecule has 1 saturated carbocycles.